The first-order chi connectivity index (χ1) is 12.2. The fraction of sp³-hybridized carbons (Fsp3) is 0.471. The summed E-state index contributed by atoms with van der Waals surface area (Å²) >= 11 is 0. The monoisotopic (exact) mass is 382 g/mol. The highest BCUT2D eigenvalue weighted by molar-refractivity contribution is 5.92. The molecule has 1 saturated carbocycles. The molecule has 1 aliphatic carbocycles. The van der Waals surface area contributed by atoms with E-state index < -0.39 is 0 Å². The number of hydrogen-bond acceptors (Lipinski definition) is 7. The number of anilines is 1. The van der Waals surface area contributed by atoms with Crippen LogP contribution in [0.15, 0.2) is 28.8 Å². The number of hydrogen-bond donors (Lipinski definition) is 2. The van der Waals surface area contributed by atoms with Gasteiger partial charge in [-0.3, -0.25) is 4.79 Å². The van der Waals surface area contributed by atoms with Crippen molar-refractivity contribution in [1.29, 1.82) is 0 Å². The molecule has 3 rings (SSSR count). The van der Waals surface area contributed by atoms with E-state index in [-0.39, 0.29) is 31.5 Å². The van der Waals surface area contributed by atoms with Crippen LogP contribution in [0.4, 0.5) is 5.69 Å². The Hall–Kier alpha value is -2.16. The molecule has 26 heavy (non-hydrogen) atoms. The van der Waals surface area contributed by atoms with Gasteiger partial charge in [0.1, 0.15) is 5.75 Å². The van der Waals surface area contributed by atoms with Crippen molar-refractivity contribution in [2.45, 2.75) is 25.4 Å². The summed E-state index contributed by atoms with van der Waals surface area (Å²) in [6.07, 6.45) is 2.25. The van der Waals surface area contributed by atoms with Gasteiger partial charge in [0.2, 0.25) is 17.6 Å². The van der Waals surface area contributed by atoms with Gasteiger partial charge in [0.25, 0.3) is 0 Å². The smallest absolute Gasteiger partial charge is 0.238 e. The van der Waals surface area contributed by atoms with Crippen LogP contribution in [-0.2, 0) is 16.1 Å². The number of nitrogens with one attached hydrogen (secondary N) is 2. The molecule has 1 heterocycles. The number of amides is 1. The Balaban J connectivity index is 0.00000243. The van der Waals surface area contributed by atoms with Crippen LogP contribution in [0, 0.1) is 0 Å². The first kappa shape index (κ1) is 20.2. The Morgan fingerprint density at radius 1 is 1.31 bits per heavy atom. The third-order valence-electron chi connectivity index (χ3n) is 3.68. The van der Waals surface area contributed by atoms with Gasteiger partial charge < -0.3 is 24.6 Å². The quantitative estimate of drug-likeness (QED) is 0.607. The van der Waals surface area contributed by atoms with Crippen LogP contribution in [-0.4, -0.2) is 42.9 Å². The highest BCUT2D eigenvalue weighted by Gasteiger charge is 2.29. The maximum Gasteiger partial charge on any atom is 0.238 e. The number of halogens is 1. The highest BCUT2D eigenvalue weighted by Crippen LogP contribution is 2.38. The third kappa shape index (κ3) is 6.29. The highest BCUT2D eigenvalue weighted by atomic mass is 35.5. The molecule has 1 aliphatic rings. The van der Waals surface area contributed by atoms with Gasteiger partial charge in [-0.05, 0) is 37.1 Å². The Morgan fingerprint density at radius 2 is 2.08 bits per heavy atom. The largest absolute Gasteiger partial charge is 0.485 e. The Morgan fingerprint density at radius 3 is 2.77 bits per heavy atom. The van der Waals surface area contributed by atoms with Crippen molar-refractivity contribution in [1.82, 2.24) is 15.5 Å². The lowest BCUT2D eigenvalue weighted by molar-refractivity contribution is -0.115. The van der Waals surface area contributed by atoms with Crippen molar-refractivity contribution in [3.05, 3.63) is 36.0 Å². The van der Waals surface area contributed by atoms with Gasteiger partial charge in [-0.1, -0.05) is 5.16 Å². The third-order valence-corrected chi connectivity index (χ3v) is 3.68. The molecular formula is C17H23ClN4O4. The van der Waals surface area contributed by atoms with Gasteiger partial charge in [-0.25, -0.2) is 0 Å². The van der Waals surface area contributed by atoms with E-state index in [4.69, 9.17) is 14.0 Å². The molecule has 0 atom stereocenters. The second kappa shape index (κ2) is 10.1. The van der Waals surface area contributed by atoms with Crippen molar-refractivity contribution in [2.75, 3.05) is 32.1 Å². The van der Waals surface area contributed by atoms with E-state index in [1.165, 1.54) is 0 Å². The van der Waals surface area contributed by atoms with E-state index in [1.807, 2.05) is 0 Å². The summed E-state index contributed by atoms with van der Waals surface area (Å²) in [6.45, 7) is 1.70. The molecule has 9 heteroatoms. The fourth-order valence-corrected chi connectivity index (χ4v) is 2.19. The van der Waals surface area contributed by atoms with E-state index in [9.17, 15) is 4.79 Å². The van der Waals surface area contributed by atoms with Crippen LogP contribution in [0.2, 0.25) is 0 Å². The molecular weight excluding hydrogens is 360 g/mol. The Kier molecular flexibility index (Phi) is 7.83. The standard InChI is InChI=1S/C17H22N4O4.ClH/c1-23-9-8-18-10-16(22)19-13-4-6-14(7-5-13)24-11-15-20-17(25-21-15)12-2-3-12;/h4-7,12,18H,2-3,8-11H2,1H3,(H,19,22);1H. The van der Waals surface area contributed by atoms with Crippen molar-refractivity contribution < 1.29 is 18.8 Å². The van der Waals surface area contributed by atoms with Crippen molar-refractivity contribution in [2.24, 2.45) is 0 Å². The van der Waals surface area contributed by atoms with Crippen LogP contribution < -0.4 is 15.4 Å². The van der Waals surface area contributed by atoms with E-state index in [2.05, 4.69) is 20.8 Å². The minimum Gasteiger partial charge on any atom is -0.485 e. The summed E-state index contributed by atoms with van der Waals surface area (Å²) in [5.41, 5.74) is 0.710. The molecule has 0 radical (unpaired) electrons. The Labute approximate surface area is 158 Å². The summed E-state index contributed by atoms with van der Waals surface area (Å²) in [6, 6.07) is 7.15. The summed E-state index contributed by atoms with van der Waals surface area (Å²) in [5.74, 6) is 2.25. The van der Waals surface area contributed by atoms with E-state index >= 15 is 0 Å². The molecule has 142 valence electrons. The lowest BCUT2D eigenvalue weighted by Crippen LogP contribution is -2.30. The number of ether oxygens (including phenoxy) is 2. The van der Waals surface area contributed by atoms with Crippen LogP contribution in [0.5, 0.6) is 5.75 Å². The number of nitrogens with zero attached hydrogens (tertiary/aromatic N) is 2. The number of carbonyl (C=O) groups excluding carboxylic acids is 1. The maximum absolute atomic E-state index is 11.8. The second-order valence-corrected chi connectivity index (χ2v) is 5.85. The predicted molar refractivity (Wildman–Crippen MR) is 97.7 cm³/mol. The van der Waals surface area contributed by atoms with Gasteiger partial charge in [-0.2, -0.15) is 4.98 Å². The lowest BCUT2D eigenvalue weighted by atomic mass is 10.3. The molecule has 0 saturated heterocycles. The first-order valence-electron chi connectivity index (χ1n) is 8.29. The minimum atomic E-state index is -0.107. The van der Waals surface area contributed by atoms with E-state index in [0.29, 0.717) is 42.2 Å². The number of methoxy groups -OCH3 is 1. The zero-order chi connectivity index (χ0) is 17.5. The fourth-order valence-electron chi connectivity index (χ4n) is 2.19. The molecule has 2 N–H and O–H groups in total. The maximum atomic E-state index is 11.8. The van der Waals surface area contributed by atoms with Crippen molar-refractivity contribution in [3.63, 3.8) is 0 Å². The molecule has 1 amide bonds. The first-order valence-corrected chi connectivity index (χ1v) is 8.29. The lowest BCUT2D eigenvalue weighted by Gasteiger charge is -2.08. The van der Waals surface area contributed by atoms with Gasteiger partial charge >= 0.3 is 0 Å². The van der Waals surface area contributed by atoms with Crippen molar-refractivity contribution >= 4 is 24.0 Å². The second-order valence-electron chi connectivity index (χ2n) is 5.85. The number of carbonyl (C=O) groups is 1. The van der Waals surface area contributed by atoms with Gasteiger partial charge in [0.05, 0.1) is 13.2 Å². The molecule has 1 aromatic heterocycles. The Bertz CT molecular complexity index is 688. The van der Waals surface area contributed by atoms with Crippen LogP contribution >= 0.6 is 12.4 Å². The predicted octanol–water partition coefficient (Wildman–Crippen LogP) is 2.12. The molecule has 0 unspecified atom stereocenters. The van der Waals surface area contributed by atoms with Crippen molar-refractivity contribution in [3.8, 4) is 5.75 Å². The normalized spacial score (nSPS) is 13.1. The summed E-state index contributed by atoms with van der Waals surface area (Å²) in [4.78, 5) is 16.1. The molecule has 1 aromatic carbocycles. The number of rotatable bonds is 10. The zero-order valence-corrected chi connectivity index (χ0v) is 15.4. The average Bonchev–Trinajstić information content (AvgIpc) is 3.37. The molecule has 8 nitrogen and oxygen atoms in total. The van der Waals surface area contributed by atoms with Crippen LogP contribution in [0.3, 0.4) is 0 Å². The van der Waals surface area contributed by atoms with Gasteiger partial charge in [-0.15, -0.1) is 12.4 Å². The summed E-state index contributed by atoms with van der Waals surface area (Å²) in [7, 11) is 1.62. The van der Waals surface area contributed by atoms with Gasteiger partial charge in [0, 0.05) is 25.3 Å². The zero-order valence-electron chi connectivity index (χ0n) is 14.6. The van der Waals surface area contributed by atoms with E-state index in [1.54, 1.807) is 31.4 Å². The topological polar surface area (TPSA) is 98.5 Å². The molecule has 2 aromatic rings. The van der Waals surface area contributed by atoms with Crippen LogP contribution in [0.25, 0.3) is 0 Å². The average molecular weight is 383 g/mol. The summed E-state index contributed by atoms with van der Waals surface area (Å²) in [5, 5.41) is 9.70. The van der Waals surface area contributed by atoms with Gasteiger partial charge in [0.15, 0.2) is 6.61 Å². The minimum absolute atomic E-state index is 0. The number of aromatic nitrogens is 2. The molecule has 0 spiro atoms. The van der Waals surface area contributed by atoms with E-state index in [0.717, 1.165) is 12.8 Å². The molecule has 0 bridgehead atoms. The molecule has 1 fully saturated rings. The SMILES string of the molecule is COCCNCC(=O)Nc1ccc(OCc2noc(C3CC3)n2)cc1.Cl. The van der Waals surface area contributed by atoms with Crippen LogP contribution in [0.1, 0.15) is 30.5 Å². The summed E-state index contributed by atoms with van der Waals surface area (Å²) < 4.78 is 15.7. The number of benzene rings is 1. The molecule has 0 aliphatic heterocycles.